The number of carbonyl (C=O) groups is 3. The van der Waals surface area contributed by atoms with Crippen LogP contribution in [0.25, 0.3) is 11.5 Å². The van der Waals surface area contributed by atoms with Gasteiger partial charge in [0, 0.05) is 38.5 Å². The van der Waals surface area contributed by atoms with E-state index in [1.165, 1.54) is 6.07 Å². The Balaban J connectivity index is 1.25. The maximum absolute atomic E-state index is 12.8. The number of nitrogens with zero attached hydrogens (tertiary/aromatic N) is 2. The van der Waals surface area contributed by atoms with Crippen LogP contribution in [0.1, 0.15) is 31.8 Å². The van der Waals surface area contributed by atoms with Gasteiger partial charge in [0.2, 0.25) is 11.8 Å². The van der Waals surface area contributed by atoms with Gasteiger partial charge in [0.05, 0.1) is 5.75 Å². The molecule has 1 N–H and O–H groups in total. The number of halogens is 1. The number of anilines is 1. The van der Waals surface area contributed by atoms with E-state index in [4.69, 9.17) is 16.0 Å². The van der Waals surface area contributed by atoms with Crippen molar-refractivity contribution in [2.45, 2.75) is 5.22 Å². The molecule has 162 valence electrons. The smallest absolute Gasteiger partial charge is 0.277 e. The molecule has 0 radical (unpaired) electrons. The van der Waals surface area contributed by atoms with Crippen LogP contribution < -0.4 is 5.32 Å². The third-order valence-electron chi connectivity index (χ3n) is 5.03. The van der Waals surface area contributed by atoms with Crippen LogP contribution >= 0.6 is 23.4 Å². The minimum atomic E-state index is -0.318. The van der Waals surface area contributed by atoms with Crippen LogP contribution in [0.5, 0.6) is 0 Å². The fraction of sp³-hybridized carbons (Fsp3) is 0.0417. The van der Waals surface area contributed by atoms with Crippen molar-refractivity contribution in [3.8, 4) is 11.5 Å². The molecule has 0 spiro atoms. The number of thioether (sulfide) groups is 1. The summed E-state index contributed by atoms with van der Waals surface area (Å²) in [5.74, 6) is -0.420. The number of hydrogen-bond donors (Lipinski definition) is 1. The lowest BCUT2D eigenvalue weighted by molar-refractivity contribution is -0.113. The highest BCUT2D eigenvalue weighted by molar-refractivity contribution is 7.99. The Kier molecular flexibility index (Phi) is 5.53. The normalized spacial score (nSPS) is 12.3. The van der Waals surface area contributed by atoms with Crippen LogP contribution in [0, 0.1) is 0 Å². The lowest BCUT2D eigenvalue weighted by Gasteiger charge is -2.18. The second kappa shape index (κ2) is 8.65. The van der Waals surface area contributed by atoms with Gasteiger partial charge in [-0.2, -0.15) is 0 Å². The van der Waals surface area contributed by atoms with E-state index in [-0.39, 0.29) is 34.0 Å². The highest BCUT2D eigenvalue weighted by Gasteiger charge is 2.29. The third-order valence-corrected chi connectivity index (χ3v) is 6.10. The zero-order valence-corrected chi connectivity index (χ0v) is 18.4. The Morgan fingerprint density at radius 2 is 1.55 bits per heavy atom. The van der Waals surface area contributed by atoms with Gasteiger partial charge in [0.25, 0.3) is 5.22 Å². The molecule has 1 aliphatic carbocycles. The number of aromatic nitrogens is 2. The van der Waals surface area contributed by atoms with Crippen molar-refractivity contribution in [3.63, 3.8) is 0 Å². The Hall–Kier alpha value is -3.75. The molecule has 0 bridgehead atoms. The minimum Gasteiger partial charge on any atom is -0.411 e. The Morgan fingerprint density at radius 3 is 2.27 bits per heavy atom. The molecule has 1 aliphatic rings. The molecule has 9 heteroatoms. The van der Waals surface area contributed by atoms with Crippen LogP contribution in [0.15, 0.2) is 76.4 Å². The van der Waals surface area contributed by atoms with Gasteiger partial charge in [0.1, 0.15) is 0 Å². The Bertz CT molecular complexity index is 1420. The number of amides is 1. The maximum atomic E-state index is 12.8. The number of fused-ring (bicyclic) bond motifs is 2. The van der Waals surface area contributed by atoms with E-state index in [2.05, 4.69) is 15.5 Å². The van der Waals surface area contributed by atoms with Gasteiger partial charge in [-0.25, -0.2) is 0 Å². The number of benzene rings is 3. The summed E-state index contributed by atoms with van der Waals surface area (Å²) in [6, 6.07) is 18.4. The molecule has 0 unspecified atom stereocenters. The average molecular weight is 476 g/mol. The molecule has 4 aromatic rings. The molecule has 7 nitrogen and oxygen atoms in total. The van der Waals surface area contributed by atoms with Gasteiger partial charge >= 0.3 is 0 Å². The fourth-order valence-corrected chi connectivity index (χ4v) is 4.17. The van der Waals surface area contributed by atoms with Gasteiger partial charge in [-0.05, 0) is 42.5 Å². The second-order valence-electron chi connectivity index (χ2n) is 7.18. The van der Waals surface area contributed by atoms with Crippen LogP contribution in [-0.2, 0) is 4.79 Å². The predicted molar refractivity (Wildman–Crippen MR) is 124 cm³/mol. The van der Waals surface area contributed by atoms with E-state index in [1.54, 1.807) is 60.7 Å². The number of nitrogens with one attached hydrogen (secondary N) is 1. The summed E-state index contributed by atoms with van der Waals surface area (Å²) in [6.07, 6.45) is 0. The molecule has 3 aromatic carbocycles. The van der Waals surface area contributed by atoms with Crippen molar-refractivity contribution < 1.29 is 18.8 Å². The Labute approximate surface area is 197 Å². The van der Waals surface area contributed by atoms with Gasteiger partial charge < -0.3 is 9.73 Å². The van der Waals surface area contributed by atoms with Gasteiger partial charge in [-0.15, -0.1) is 10.2 Å². The molecule has 1 aromatic heterocycles. The van der Waals surface area contributed by atoms with Crippen molar-refractivity contribution in [3.05, 3.63) is 94.0 Å². The molecule has 1 amide bonds. The van der Waals surface area contributed by atoms with Crippen molar-refractivity contribution in [1.29, 1.82) is 0 Å². The van der Waals surface area contributed by atoms with E-state index >= 15 is 0 Å². The molecule has 0 aliphatic heterocycles. The van der Waals surface area contributed by atoms with Crippen LogP contribution in [0.3, 0.4) is 0 Å². The van der Waals surface area contributed by atoms with Crippen LogP contribution in [-0.4, -0.2) is 33.4 Å². The fourth-order valence-electron chi connectivity index (χ4n) is 3.48. The van der Waals surface area contributed by atoms with Gasteiger partial charge in [-0.1, -0.05) is 47.6 Å². The summed E-state index contributed by atoms with van der Waals surface area (Å²) in [6.45, 7) is 0. The first-order valence-corrected chi connectivity index (χ1v) is 11.2. The molecule has 5 rings (SSSR count). The molecule has 33 heavy (non-hydrogen) atoms. The third kappa shape index (κ3) is 4.18. The van der Waals surface area contributed by atoms with Crippen molar-refractivity contribution >= 4 is 46.5 Å². The number of rotatable bonds is 5. The number of ketones is 2. The topological polar surface area (TPSA) is 102 Å². The summed E-state index contributed by atoms with van der Waals surface area (Å²) in [5, 5.41) is 11.5. The highest BCUT2D eigenvalue weighted by atomic mass is 35.5. The molecule has 0 atom stereocenters. The van der Waals surface area contributed by atoms with E-state index in [9.17, 15) is 14.4 Å². The first-order valence-electron chi connectivity index (χ1n) is 9.84. The van der Waals surface area contributed by atoms with E-state index in [1.807, 2.05) is 0 Å². The molecular weight excluding hydrogens is 462 g/mol. The summed E-state index contributed by atoms with van der Waals surface area (Å²) in [4.78, 5) is 38.0. The first kappa shape index (κ1) is 21.1. The molecular formula is C24H14ClN3O4S. The zero-order chi connectivity index (χ0) is 22.9. The van der Waals surface area contributed by atoms with Crippen LogP contribution in [0.2, 0.25) is 5.02 Å². The first-order chi connectivity index (χ1) is 16.0. The van der Waals surface area contributed by atoms with E-state index in [0.717, 1.165) is 17.3 Å². The number of hydrogen-bond acceptors (Lipinski definition) is 7. The summed E-state index contributed by atoms with van der Waals surface area (Å²) < 4.78 is 5.58. The van der Waals surface area contributed by atoms with E-state index in [0.29, 0.717) is 33.3 Å². The van der Waals surface area contributed by atoms with Gasteiger partial charge in [-0.3, -0.25) is 14.4 Å². The quantitative estimate of drug-likeness (QED) is 0.361. The van der Waals surface area contributed by atoms with Gasteiger partial charge in [0.15, 0.2) is 11.6 Å². The molecule has 0 saturated heterocycles. The lowest BCUT2D eigenvalue weighted by Crippen LogP contribution is -2.21. The zero-order valence-electron chi connectivity index (χ0n) is 16.9. The summed E-state index contributed by atoms with van der Waals surface area (Å²) in [7, 11) is 0. The highest BCUT2D eigenvalue weighted by Crippen LogP contribution is 2.29. The monoisotopic (exact) mass is 475 g/mol. The van der Waals surface area contributed by atoms with Crippen molar-refractivity contribution in [2.24, 2.45) is 0 Å². The van der Waals surface area contributed by atoms with Crippen molar-refractivity contribution in [1.82, 2.24) is 10.2 Å². The largest absolute Gasteiger partial charge is 0.411 e. The molecule has 1 heterocycles. The summed E-state index contributed by atoms with van der Waals surface area (Å²) in [5.41, 5.74) is 2.49. The van der Waals surface area contributed by atoms with Crippen LogP contribution in [0.4, 0.5) is 5.69 Å². The maximum Gasteiger partial charge on any atom is 0.277 e. The summed E-state index contributed by atoms with van der Waals surface area (Å²) >= 11 is 6.97. The second-order valence-corrected chi connectivity index (χ2v) is 8.54. The average Bonchev–Trinajstić information content (AvgIpc) is 3.31. The molecule has 0 fully saturated rings. The lowest BCUT2D eigenvalue weighted by atomic mass is 9.84. The van der Waals surface area contributed by atoms with E-state index < -0.39 is 0 Å². The number of carbonyl (C=O) groups excluding carboxylic acids is 3. The predicted octanol–water partition coefficient (Wildman–Crippen LogP) is 4.90. The van der Waals surface area contributed by atoms with Crippen molar-refractivity contribution in [2.75, 3.05) is 11.1 Å². The SMILES string of the molecule is O=C(CSc1nnc(-c2ccc(Cl)cc2)o1)Nc1ccc2c(c1)C(=O)c1ccccc1C2=O. The standard InChI is InChI=1S/C24H14ClN3O4S/c25-14-7-5-13(6-8-14)23-27-28-24(32-23)33-12-20(29)26-15-9-10-18-19(11-15)22(31)17-4-2-1-3-16(17)21(18)30/h1-11H,12H2,(H,26,29). The molecule has 0 saturated carbocycles. The minimum absolute atomic E-state index is 0.0229. The Morgan fingerprint density at radius 1 is 0.879 bits per heavy atom.